The fourth-order valence-electron chi connectivity index (χ4n) is 1.10. The van der Waals surface area contributed by atoms with Crippen LogP contribution in [0.25, 0.3) is 0 Å². The van der Waals surface area contributed by atoms with Crippen LogP contribution in [-0.2, 0) is 4.74 Å². The molecule has 0 aliphatic heterocycles. The summed E-state index contributed by atoms with van der Waals surface area (Å²) in [4.78, 5) is 0. The number of rotatable bonds is 8. The molecule has 0 heterocycles. The molecule has 0 rings (SSSR count). The van der Waals surface area contributed by atoms with Crippen LogP contribution in [0.3, 0.4) is 0 Å². The average Bonchev–Trinajstić information content (AvgIpc) is 2.06. The highest BCUT2D eigenvalue weighted by Crippen LogP contribution is 2.01. The van der Waals surface area contributed by atoms with Crippen molar-refractivity contribution in [2.45, 2.75) is 26.3 Å². The summed E-state index contributed by atoms with van der Waals surface area (Å²) < 4.78 is 5.31. The Labute approximate surface area is 80.4 Å². The number of hydrogen-bond acceptors (Lipinski definition) is 3. The van der Waals surface area contributed by atoms with Crippen molar-refractivity contribution >= 4 is 11.8 Å². The van der Waals surface area contributed by atoms with Gasteiger partial charge in [-0.15, -0.1) is 0 Å². The average molecular weight is 191 g/mol. The van der Waals surface area contributed by atoms with Crippen molar-refractivity contribution in [3.05, 3.63) is 0 Å². The van der Waals surface area contributed by atoms with Crippen LogP contribution in [-0.4, -0.2) is 37.8 Å². The van der Waals surface area contributed by atoms with Crippen LogP contribution in [0.2, 0.25) is 0 Å². The minimum absolute atomic E-state index is 0.622. The molecule has 0 radical (unpaired) electrons. The van der Waals surface area contributed by atoms with Crippen LogP contribution >= 0.6 is 11.8 Å². The fraction of sp³-hybridized carbons (Fsp3) is 1.00. The van der Waals surface area contributed by atoms with Gasteiger partial charge in [0.15, 0.2) is 0 Å². The number of hydrogen-bond donors (Lipinski definition) is 1. The zero-order valence-corrected chi connectivity index (χ0v) is 9.25. The van der Waals surface area contributed by atoms with E-state index in [1.54, 1.807) is 0 Å². The lowest BCUT2D eigenvalue weighted by Crippen LogP contribution is -2.32. The number of nitrogens with one attached hydrogen (secondary N) is 1. The molecule has 1 unspecified atom stereocenters. The molecule has 2 nitrogen and oxygen atoms in total. The third kappa shape index (κ3) is 6.95. The summed E-state index contributed by atoms with van der Waals surface area (Å²) in [5.74, 6) is 1.18. The van der Waals surface area contributed by atoms with Crippen LogP contribution in [0, 0.1) is 0 Å². The summed E-state index contributed by atoms with van der Waals surface area (Å²) in [6.07, 6.45) is 3.27. The minimum Gasteiger partial charge on any atom is -0.382 e. The highest BCUT2D eigenvalue weighted by molar-refractivity contribution is 7.98. The predicted octanol–water partition coefficient (Wildman–Crippen LogP) is 1.75. The number of thioether (sulfide) groups is 1. The van der Waals surface area contributed by atoms with Gasteiger partial charge in [0.25, 0.3) is 0 Å². The molecule has 0 aromatic heterocycles. The van der Waals surface area contributed by atoms with Gasteiger partial charge in [0.2, 0.25) is 0 Å². The van der Waals surface area contributed by atoms with E-state index in [1.165, 1.54) is 5.75 Å². The predicted molar refractivity (Wildman–Crippen MR) is 57.0 cm³/mol. The van der Waals surface area contributed by atoms with E-state index in [0.29, 0.717) is 6.04 Å². The van der Waals surface area contributed by atoms with E-state index < -0.39 is 0 Å². The third-order valence-electron chi connectivity index (χ3n) is 1.68. The molecule has 0 spiro atoms. The molecule has 0 aromatic carbocycles. The summed E-state index contributed by atoms with van der Waals surface area (Å²) in [5.41, 5.74) is 0. The fourth-order valence-corrected chi connectivity index (χ4v) is 1.79. The lowest BCUT2D eigenvalue weighted by Gasteiger charge is -2.16. The van der Waals surface area contributed by atoms with E-state index >= 15 is 0 Å². The number of ether oxygens (including phenoxy) is 1. The van der Waals surface area contributed by atoms with Gasteiger partial charge in [-0.25, -0.2) is 0 Å². The topological polar surface area (TPSA) is 21.3 Å². The van der Waals surface area contributed by atoms with Crippen molar-refractivity contribution in [3.8, 4) is 0 Å². The Hall–Kier alpha value is 0.270. The summed E-state index contributed by atoms with van der Waals surface area (Å²) in [6.45, 7) is 6.95. The van der Waals surface area contributed by atoms with Crippen molar-refractivity contribution < 1.29 is 4.74 Å². The summed E-state index contributed by atoms with van der Waals surface area (Å²) in [5, 5.41) is 3.44. The Kier molecular flexibility index (Phi) is 9.57. The van der Waals surface area contributed by atoms with Crippen LogP contribution < -0.4 is 5.32 Å². The second-order valence-electron chi connectivity index (χ2n) is 2.70. The Morgan fingerprint density at radius 2 is 2.17 bits per heavy atom. The van der Waals surface area contributed by atoms with E-state index in [9.17, 15) is 0 Å². The molecule has 0 saturated heterocycles. The summed E-state index contributed by atoms with van der Waals surface area (Å²) >= 11 is 1.89. The Bertz CT molecular complexity index is 84.6. The lowest BCUT2D eigenvalue weighted by atomic mass is 10.2. The maximum absolute atomic E-state index is 5.31. The van der Waals surface area contributed by atoms with Crippen molar-refractivity contribution in [2.24, 2.45) is 0 Å². The molecular weight excluding hydrogens is 170 g/mol. The maximum atomic E-state index is 5.31. The second-order valence-corrected chi connectivity index (χ2v) is 3.61. The van der Waals surface area contributed by atoms with Gasteiger partial charge in [-0.3, -0.25) is 0 Å². The SMILES string of the molecule is CCNC(CCOCC)CSC. The van der Waals surface area contributed by atoms with Crippen LogP contribution in [0.5, 0.6) is 0 Å². The van der Waals surface area contributed by atoms with Crippen molar-refractivity contribution in [2.75, 3.05) is 31.8 Å². The molecule has 0 fully saturated rings. The Morgan fingerprint density at radius 1 is 1.42 bits per heavy atom. The van der Waals surface area contributed by atoms with E-state index in [-0.39, 0.29) is 0 Å². The van der Waals surface area contributed by atoms with Gasteiger partial charge in [-0.1, -0.05) is 6.92 Å². The maximum Gasteiger partial charge on any atom is 0.0481 e. The smallest absolute Gasteiger partial charge is 0.0481 e. The largest absolute Gasteiger partial charge is 0.382 e. The van der Waals surface area contributed by atoms with Gasteiger partial charge in [-0.05, 0) is 26.1 Å². The standard InChI is InChI=1S/C9H21NOS/c1-4-10-9(8-12-3)6-7-11-5-2/h9-10H,4-8H2,1-3H3. The molecular formula is C9H21NOS. The second kappa shape index (κ2) is 9.36. The van der Waals surface area contributed by atoms with Crippen LogP contribution in [0.15, 0.2) is 0 Å². The van der Waals surface area contributed by atoms with Crippen LogP contribution in [0.1, 0.15) is 20.3 Å². The molecule has 0 aliphatic rings. The molecule has 1 N–H and O–H groups in total. The first-order valence-electron chi connectivity index (χ1n) is 4.65. The molecule has 0 aromatic rings. The highest BCUT2D eigenvalue weighted by Gasteiger charge is 2.04. The van der Waals surface area contributed by atoms with E-state index in [2.05, 4.69) is 18.5 Å². The summed E-state index contributed by atoms with van der Waals surface area (Å²) in [6, 6.07) is 0.622. The monoisotopic (exact) mass is 191 g/mol. The molecule has 0 aliphatic carbocycles. The normalized spacial score (nSPS) is 13.2. The van der Waals surface area contributed by atoms with Crippen molar-refractivity contribution in [1.29, 1.82) is 0 Å². The van der Waals surface area contributed by atoms with Gasteiger partial charge >= 0.3 is 0 Å². The zero-order valence-electron chi connectivity index (χ0n) is 8.43. The molecule has 3 heteroatoms. The highest BCUT2D eigenvalue weighted by atomic mass is 32.2. The first-order chi connectivity index (χ1) is 5.85. The third-order valence-corrected chi connectivity index (χ3v) is 2.41. The molecule has 0 amide bonds. The molecule has 12 heavy (non-hydrogen) atoms. The van der Waals surface area contributed by atoms with E-state index in [0.717, 1.165) is 26.2 Å². The van der Waals surface area contributed by atoms with E-state index in [1.807, 2.05) is 18.7 Å². The Balaban J connectivity index is 3.34. The zero-order chi connectivity index (χ0) is 9.23. The van der Waals surface area contributed by atoms with Gasteiger partial charge in [0.05, 0.1) is 0 Å². The minimum atomic E-state index is 0.622. The van der Waals surface area contributed by atoms with Gasteiger partial charge in [0, 0.05) is 25.0 Å². The van der Waals surface area contributed by atoms with Crippen molar-refractivity contribution in [3.63, 3.8) is 0 Å². The van der Waals surface area contributed by atoms with Crippen molar-refractivity contribution in [1.82, 2.24) is 5.32 Å². The molecule has 74 valence electrons. The quantitative estimate of drug-likeness (QED) is 0.591. The van der Waals surface area contributed by atoms with Gasteiger partial charge < -0.3 is 10.1 Å². The first-order valence-corrected chi connectivity index (χ1v) is 6.04. The lowest BCUT2D eigenvalue weighted by molar-refractivity contribution is 0.138. The van der Waals surface area contributed by atoms with E-state index in [4.69, 9.17) is 4.74 Å². The van der Waals surface area contributed by atoms with Gasteiger partial charge in [-0.2, -0.15) is 11.8 Å². The Morgan fingerprint density at radius 3 is 2.67 bits per heavy atom. The summed E-state index contributed by atoms with van der Waals surface area (Å²) in [7, 11) is 0. The first kappa shape index (κ1) is 12.3. The molecule has 1 atom stereocenters. The van der Waals surface area contributed by atoms with Crippen LogP contribution in [0.4, 0.5) is 0 Å². The van der Waals surface area contributed by atoms with Gasteiger partial charge in [0.1, 0.15) is 0 Å². The molecule has 0 bridgehead atoms. The molecule has 0 saturated carbocycles.